The average molecular weight is 322 g/mol. The molecule has 2 rings (SSSR count). The van der Waals surface area contributed by atoms with Gasteiger partial charge >= 0.3 is 17.7 Å². The normalized spacial score (nSPS) is 24.0. The Morgan fingerprint density at radius 3 is 2.74 bits per heavy atom. The zero-order chi connectivity index (χ0) is 16.7. The van der Waals surface area contributed by atoms with Crippen LogP contribution in [0.3, 0.4) is 0 Å². The standard InChI is InChI=1S/C17H22O6/c1-2-7-14(18)22-17(11-6-10-15(19)23-17)16(20)21-12-13-8-4-3-5-9-13/h3-5,8-9,15,19H,2,6-7,10-12H2,1H3. The van der Waals surface area contributed by atoms with Crippen LogP contribution in [0.1, 0.15) is 44.6 Å². The first-order valence-electron chi connectivity index (χ1n) is 7.84. The third kappa shape index (κ3) is 4.77. The maximum absolute atomic E-state index is 12.4. The van der Waals surface area contributed by atoms with Gasteiger partial charge in [0.25, 0.3) is 0 Å². The Morgan fingerprint density at radius 2 is 2.09 bits per heavy atom. The van der Waals surface area contributed by atoms with Gasteiger partial charge in [-0.2, -0.15) is 0 Å². The fourth-order valence-corrected chi connectivity index (χ4v) is 2.39. The van der Waals surface area contributed by atoms with E-state index in [1.807, 2.05) is 37.3 Å². The van der Waals surface area contributed by atoms with Crippen LogP contribution in [0.25, 0.3) is 0 Å². The molecule has 0 aliphatic carbocycles. The molecule has 2 unspecified atom stereocenters. The number of benzene rings is 1. The fourth-order valence-electron chi connectivity index (χ4n) is 2.39. The summed E-state index contributed by atoms with van der Waals surface area (Å²) < 4.78 is 15.8. The summed E-state index contributed by atoms with van der Waals surface area (Å²) in [7, 11) is 0. The van der Waals surface area contributed by atoms with Gasteiger partial charge in [0.1, 0.15) is 6.61 Å². The highest BCUT2D eigenvalue weighted by Crippen LogP contribution is 2.31. The zero-order valence-electron chi connectivity index (χ0n) is 13.2. The maximum Gasteiger partial charge on any atom is 0.380 e. The Hall–Kier alpha value is -1.92. The third-order valence-corrected chi connectivity index (χ3v) is 3.54. The number of rotatable bonds is 6. The van der Waals surface area contributed by atoms with Crippen LogP contribution in [0.4, 0.5) is 0 Å². The molecule has 1 aliphatic rings. The fraction of sp³-hybridized carbons (Fsp3) is 0.529. The van der Waals surface area contributed by atoms with E-state index in [4.69, 9.17) is 14.2 Å². The van der Waals surface area contributed by atoms with Crippen LogP contribution < -0.4 is 0 Å². The number of esters is 2. The minimum Gasteiger partial charge on any atom is -0.456 e. The molecule has 126 valence electrons. The van der Waals surface area contributed by atoms with E-state index in [-0.39, 0.29) is 19.4 Å². The van der Waals surface area contributed by atoms with Crippen molar-refractivity contribution in [3.8, 4) is 0 Å². The number of aliphatic hydroxyl groups is 1. The molecule has 6 heteroatoms. The summed E-state index contributed by atoms with van der Waals surface area (Å²) in [5.74, 6) is -3.18. The summed E-state index contributed by atoms with van der Waals surface area (Å²) in [5, 5.41) is 9.70. The number of carbonyl (C=O) groups excluding carboxylic acids is 2. The first-order valence-corrected chi connectivity index (χ1v) is 7.84. The molecule has 1 saturated heterocycles. The van der Waals surface area contributed by atoms with Crippen LogP contribution in [-0.4, -0.2) is 29.1 Å². The van der Waals surface area contributed by atoms with Crippen molar-refractivity contribution in [2.75, 3.05) is 0 Å². The van der Waals surface area contributed by atoms with E-state index in [9.17, 15) is 14.7 Å². The summed E-state index contributed by atoms with van der Waals surface area (Å²) in [6, 6.07) is 9.17. The lowest BCUT2D eigenvalue weighted by atomic mass is 10.0. The van der Waals surface area contributed by atoms with Crippen molar-refractivity contribution in [1.82, 2.24) is 0 Å². The van der Waals surface area contributed by atoms with E-state index in [1.165, 1.54) is 0 Å². The summed E-state index contributed by atoms with van der Waals surface area (Å²) in [5.41, 5.74) is 0.812. The molecule has 1 heterocycles. The Kier molecular flexibility index (Phi) is 6.12. The molecule has 0 bridgehead atoms. The van der Waals surface area contributed by atoms with Gasteiger partial charge in [-0.25, -0.2) is 4.79 Å². The summed E-state index contributed by atoms with van der Waals surface area (Å²) in [6.07, 6.45) is 0.680. The lowest BCUT2D eigenvalue weighted by Crippen LogP contribution is -2.51. The van der Waals surface area contributed by atoms with Gasteiger partial charge in [-0.15, -0.1) is 0 Å². The largest absolute Gasteiger partial charge is 0.456 e. The van der Waals surface area contributed by atoms with E-state index < -0.39 is 24.0 Å². The summed E-state index contributed by atoms with van der Waals surface area (Å²) in [6.45, 7) is 1.88. The van der Waals surface area contributed by atoms with Crippen molar-refractivity contribution < 1.29 is 28.9 Å². The highest BCUT2D eigenvalue weighted by Gasteiger charge is 2.49. The van der Waals surface area contributed by atoms with Crippen LogP contribution in [0.15, 0.2) is 30.3 Å². The van der Waals surface area contributed by atoms with Gasteiger partial charge in [-0.05, 0) is 24.8 Å². The minimum atomic E-state index is -1.85. The van der Waals surface area contributed by atoms with Crippen molar-refractivity contribution in [1.29, 1.82) is 0 Å². The van der Waals surface area contributed by atoms with Gasteiger partial charge in [0, 0.05) is 12.8 Å². The van der Waals surface area contributed by atoms with Crippen LogP contribution in [0.2, 0.25) is 0 Å². The highest BCUT2D eigenvalue weighted by molar-refractivity contribution is 5.82. The second-order valence-electron chi connectivity index (χ2n) is 5.50. The topological polar surface area (TPSA) is 82.1 Å². The van der Waals surface area contributed by atoms with E-state index in [1.54, 1.807) is 0 Å². The van der Waals surface area contributed by atoms with E-state index >= 15 is 0 Å². The minimum absolute atomic E-state index is 0.0478. The van der Waals surface area contributed by atoms with Crippen molar-refractivity contribution >= 4 is 11.9 Å². The molecule has 2 atom stereocenters. The number of aliphatic hydroxyl groups excluding tert-OH is 1. The van der Waals surface area contributed by atoms with Crippen molar-refractivity contribution in [2.45, 2.75) is 57.7 Å². The smallest absolute Gasteiger partial charge is 0.380 e. The molecule has 1 aromatic rings. The molecular weight excluding hydrogens is 300 g/mol. The Balaban J connectivity index is 2.06. The van der Waals surface area contributed by atoms with Crippen LogP contribution in [-0.2, 0) is 30.4 Å². The van der Waals surface area contributed by atoms with Gasteiger partial charge < -0.3 is 19.3 Å². The van der Waals surface area contributed by atoms with Crippen LogP contribution in [0, 0.1) is 0 Å². The number of hydrogen-bond donors (Lipinski definition) is 1. The molecule has 0 amide bonds. The third-order valence-electron chi connectivity index (χ3n) is 3.54. The van der Waals surface area contributed by atoms with Gasteiger partial charge in [0.2, 0.25) is 0 Å². The van der Waals surface area contributed by atoms with Gasteiger partial charge in [0.15, 0.2) is 6.29 Å². The van der Waals surface area contributed by atoms with Crippen molar-refractivity contribution in [2.24, 2.45) is 0 Å². The highest BCUT2D eigenvalue weighted by atomic mass is 16.8. The van der Waals surface area contributed by atoms with Crippen LogP contribution in [0.5, 0.6) is 0 Å². The first-order chi connectivity index (χ1) is 11.1. The molecular formula is C17H22O6. The summed E-state index contributed by atoms with van der Waals surface area (Å²) in [4.78, 5) is 24.3. The molecule has 0 spiro atoms. The quantitative estimate of drug-likeness (QED) is 0.809. The monoisotopic (exact) mass is 322 g/mol. The predicted octanol–water partition coefficient (Wildman–Crippen LogP) is 2.29. The lowest BCUT2D eigenvalue weighted by molar-refractivity contribution is -0.304. The number of ether oxygens (including phenoxy) is 3. The Labute approximate surface area is 135 Å². The van der Waals surface area contributed by atoms with E-state index in [0.29, 0.717) is 19.3 Å². The lowest BCUT2D eigenvalue weighted by Gasteiger charge is -2.36. The second-order valence-corrected chi connectivity index (χ2v) is 5.50. The maximum atomic E-state index is 12.4. The van der Waals surface area contributed by atoms with Gasteiger partial charge in [-0.1, -0.05) is 37.3 Å². The van der Waals surface area contributed by atoms with Crippen molar-refractivity contribution in [3.63, 3.8) is 0 Å². The van der Waals surface area contributed by atoms with E-state index in [0.717, 1.165) is 5.56 Å². The molecule has 0 aromatic heterocycles. The molecule has 0 saturated carbocycles. The molecule has 1 fully saturated rings. The Bertz CT molecular complexity index is 529. The zero-order valence-corrected chi connectivity index (χ0v) is 13.2. The van der Waals surface area contributed by atoms with E-state index in [2.05, 4.69) is 0 Å². The SMILES string of the molecule is CCCC(=O)OC1(C(=O)OCc2ccccc2)CCCC(O)O1. The molecule has 1 N–H and O–H groups in total. The van der Waals surface area contributed by atoms with Crippen LogP contribution >= 0.6 is 0 Å². The molecule has 23 heavy (non-hydrogen) atoms. The van der Waals surface area contributed by atoms with Crippen molar-refractivity contribution in [3.05, 3.63) is 35.9 Å². The van der Waals surface area contributed by atoms with Gasteiger partial charge in [-0.3, -0.25) is 4.79 Å². The molecule has 6 nitrogen and oxygen atoms in total. The first kappa shape index (κ1) is 17.4. The number of hydrogen-bond acceptors (Lipinski definition) is 6. The predicted molar refractivity (Wildman–Crippen MR) is 80.9 cm³/mol. The average Bonchev–Trinajstić information content (AvgIpc) is 2.53. The molecule has 0 radical (unpaired) electrons. The molecule has 1 aliphatic heterocycles. The molecule has 1 aromatic carbocycles. The van der Waals surface area contributed by atoms with Gasteiger partial charge in [0.05, 0.1) is 0 Å². The number of carbonyl (C=O) groups is 2. The Morgan fingerprint density at radius 1 is 1.35 bits per heavy atom. The second kappa shape index (κ2) is 8.08. The summed E-state index contributed by atoms with van der Waals surface area (Å²) >= 11 is 0.